The van der Waals surface area contributed by atoms with Crippen molar-refractivity contribution in [3.63, 3.8) is 0 Å². The Balaban J connectivity index is 2.32. The molecule has 1 atom stereocenters. The highest BCUT2D eigenvalue weighted by molar-refractivity contribution is 7.10. The summed E-state index contributed by atoms with van der Waals surface area (Å²) in [6, 6.07) is 8.50. The number of anilines is 1. The number of nitro groups is 1. The number of rotatable bonds is 7. The molecule has 1 aromatic heterocycles. The Hall–Kier alpha value is -2.21. The number of thiophene rings is 1. The lowest BCUT2D eigenvalue weighted by molar-refractivity contribution is -0.384. The molecule has 1 N–H and O–H groups in total. The van der Waals surface area contributed by atoms with E-state index in [4.69, 9.17) is 0 Å². The summed E-state index contributed by atoms with van der Waals surface area (Å²) in [6.45, 7) is 2.08. The van der Waals surface area contributed by atoms with Crippen molar-refractivity contribution >= 4 is 29.0 Å². The summed E-state index contributed by atoms with van der Waals surface area (Å²) in [5.41, 5.74) is 0.671. The van der Waals surface area contributed by atoms with Crippen LogP contribution in [0.5, 0.6) is 0 Å². The Bertz CT molecular complexity index is 626. The molecule has 0 aliphatic heterocycles. The Morgan fingerprint density at radius 1 is 1.43 bits per heavy atom. The van der Waals surface area contributed by atoms with Crippen molar-refractivity contribution in [1.29, 1.82) is 0 Å². The zero-order valence-corrected chi connectivity index (χ0v) is 12.4. The van der Waals surface area contributed by atoms with E-state index < -0.39 is 4.92 Å². The number of nitrogens with one attached hydrogen (secondary N) is 1. The molecule has 5 nitrogen and oxygen atoms in total. The number of carbonyl (C=O) groups excluding carboxylic acids is 1. The van der Waals surface area contributed by atoms with Crippen molar-refractivity contribution in [1.82, 2.24) is 0 Å². The van der Waals surface area contributed by atoms with Gasteiger partial charge in [0.25, 0.3) is 5.69 Å². The van der Waals surface area contributed by atoms with E-state index in [2.05, 4.69) is 12.2 Å². The molecule has 6 heteroatoms. The second-order valence-corrected chi connectivity index (χ2v) is 5.63. The fourth-order valence-corrected chi connectivity index (χ4v) is 2.96. The van der Waals surface area contributed by atoms with Crippen molar-refractivity contribution in [2.24, 2.45) is 0 Å². The largest absolute Gasteiger partial charge is 0.372 e. The fourth-order valence-electron chi connectivity index (χ4n) is 2.15. The molecular weight excluding hydrogens is 288 g/mol. The Kier molecular flexibility index (Phi) is 5.05. The average Bonchev–Trinajstić information content (AvgIpc) is 3.01. The van der Waals surface area contributed by atoms with Crippen LogP contribution in [0.2, 0.25) is 0 Å². The Labute approximate surface area is 126 Å². The lowest BCUT2D eigenvalue weighted by atomic mass is 10.1. The van der Waals surface area contributed by atoms with Gasteiger partial charge in [-0.3, -0.25) is 14.9 Å². The molecule has 0 radical (unpaired) electrons. The standard InChI is InChI=1S/C15H16N2O3S/c1-2-4-13(15-5-3-8-21-15)16-12-7-6-11(10-18)9-14(12)17(19)20/h3,5-10,13,16H,2,4H2,1H3. The van der Waals surface area contributed by atoms with Gasteiger partial charge >= 0.3 is 0 Å². The number of nitrogens with zero attached hydrogens (tertiary/aromatic N) is 1. The van der Waals surface area contributed by atoms with Gasteiger partial charge in [0.2, 0.25) is 0 Å². The molecular formula is C15H16N2O3S. The SMILES string of the molecule is CCCC(Nc1ccc(C=O)cc1[N+](=O)[O-])c1cccs1. The molecule has 0 aliphatic rings. The molecule has 110 valence electrons. The van der Waals surface area contributed by atoms with E-state index in [1.165, 1.54) is 6.07 Å². The minimum atomic E-state index is -0.466. The predicted molar refractivity (Wildman–Crippen MR) is 84.1 cm³/mol. The van der Waals surface area contributed by atoms with Gasteiger partial charge in [-0.2, -0.15) is 0 Å². The van der Waals surface area contributed by atoms with Crippen LogP contribution in [0.4, 0.5) is 11.4 Å². The first-order valence-corrected chi connectivity index (χ1v) is 7.57. The highest BCUT2D eigenvalue weighted by Gasteiger charge is 2.19. The highest BCUT2D eigenvalue weighted by Crippen LogP contribution is 2.32. The first-order chi connectivity index (χ1) is 10.2. The first kappa shape index (κ1) is 15.2. The topological polar surface area (TPSA) is 72.2 Å². The van der Waals surface area contributed by atoms with Gasteiger partial charge in [0.1, 0.15) is 12.0 Å². The highest BCUT2D eigenvalue weighted by atomic mass is 32.1. The van der Waals surface area contributed by atoms with Gasteiger partial charge in [0, 0.05) is 16.5 Å². The lowest BCUT2D eigenvalue weighted by Crippen LogP contribution is -2.10. The molecule has 0 bridgehead atoms. The van der Waals surface area contributed by atoms with Crippen molar-refractivity contribution in [2.75, 3.05) is 5.32 Å². The van der Waals surface area contributed by atoms with Gasteiger partial charge in [0.15, 0.2) is 0 Å². The van der Waals surface area contributed by atoms with Crippen LogP contribution in [-0.2, 0) is 0 Å². The number of carbonyl (C=O) groups is 1. The molecule has 0 amide bonds. The van der Waals surface area contributed by atoms with Crippen LogP contribution >= 0.6 is 11.3 Å². The van der Waals surface area contributed by atoms with Crippen LogP contribution in [0.15, 0.2) is 35.7 Å². The smallest absolute Gasteiger partial charge is 0.293 e. The van der Waals surface area contributed by atoms with Crippen molar-refractivity contribution in [2.45, 2.75) is 25.8 Å². The third-order valence-corrected chi connectivity index (χ3v) is 4.13. The maximum absolute atomic E-state index is 11.2. The minimum absolute atomic E-state index is 0.0378. The Morgan fingerprint density at radius 2 is 2.24 bits per heavy atom. The lowest BCUT2D eigenvalue weighted by Gasteiger charge is -2.18. The summed E-state index contributed by atoms with van der Waals surface area (Å²) in [4.78, 5) is 22.6. The van der Waals surface area contributed by atoms with Crippen molar-refractivity contribution < 1.29 is 9.72 Å². The van der Waals surface area contributed by atoms with E-state index in [-0.39, 0.29) is 11.7 Å². The third-order valence-electron chi connectivity index (χ3n) is 3.15. The number of aldehydes is 1. The molecule has 1 heterocycles. The molecule has 0 saturated heterocycles. The molecule has 2 aromatic rings. The van der Waals surface area contributed by atoms with Crippen molar-refractivity contribution in [3.8, 4) is 0 Å². The molecule has 0 saturated carbocycles. The Morgan fingerprint density at radius 3 is 2.81 bits per heavy atom. The normalized spacial score (nSPS) is 11.9. The number of nitro benzene ring substituents is 1. The molecule has 0 spiro atoms. The maximum Gasteiger partial charge on any atom is 0.293 e. The van der Waals surface area contributed by atoms with Gasteiger partial charge in [0.05, 0.1) is 11.0 Å². The van der Waals surface area contributed by atoms with Crippen molar-refractivity contribution in [3.05, 3.63) is 56.3 Å². The third kappa shape index (κ3) is 3.66. The maximum atomic E-state index is 11.2. The zero-order valence-electron chi connectivity index (χ0n) is 11.6. The summed E-state index contributed by atoms with van der Waals surface area (Å²) >= 11 is 1.62. The van der Waals surface area contributed by atoms with Crippen LogP contribution in [0.3, 0.4) is 0 Å². The van der Waals surface area contributed by atoms with Crippen LogP contribution in [0.25, 0.3) is 0 Å². The molecule has 1 unspecified atom stereocenters. The quantitative estimate of drug-likeness (QED) is 0.467. The van der Waals surface area contributed by atoms with Crippen LogP contribution in [-0.4, -0.2) is 11.2 Å². The zero-order chi connectivity index (χ0) is 15.2. The molecule has 0 aliphatic carbocycles. The van der Waals surface area contributed by atoms with Gasteiger partial charge < -0.3 is 5.32 Å². The van der Waals surface area contributed by atoms with Crippen LogP contribution in [0.1, 0.15) is 41.0 Å². The van der Waals surface area contributed by atoms with Gasteiger partial charge in [-0.05, 0) is 30.0 Å². The van der Waals surface area contributed by atoms with E-state index in [0.29, 0.717) is 17.5 Å². The second kappa shape index (κ2) is 6.99. The average molecular weight is 304 g/mol. The molecule has 1 aromatic carbocycles. The first-order valence-electron chi connectivity index (χ1n) is 6.69. The molecule has 0 fully saturated rings. The summed E-state index contributed by atoms with van der Waals surface area (Å²) in [7, 11) is 0. The predicted octanol–water partition coefficient (Wildman–Crippen LogP) is 4.42. The monoisotopic (exact) mass is 304 g/mol. The van der Waals surface area contributed by atoms with Gasteiger partial charge in [-0.15, -0.1) is 11.3 Å². The van der Waals surface area contributed by atoms with Crippen LogP contribution in [0, 0.1) is 10.1 Å². The summed E-state index contributed by atoms with van der Waals surface area (Å²) in [6.07, 6.45) is 2.46. The van der Waals surface area contributed by atoms with E-state index in [9.17, 15) is 14.9 Å². The van der Waals surface area contributed by atoms with E-state index >= 15 is 0 Å². The minimum Gasteiger partial charge on any atom is -0.372 e. The number of benzene rings is 1. The summed E-state index contributed by atoms with van der Waals surface area (Å²) in [5, 5.41) is 16.4. The molecule has 2 rings (SSSR count). The van der Waals surface area contributed by atoms with Gasteiger partial charge in [-0.1, -0.05) is 19.4 Å². The van der Waals surface area contributed by atoms with E-state index in [1.807, 2.05) is 17.5 Å². The molecule has 21 heavy (non-hydrogen) atoms. The second-order valence-electron chi connectivity index (χ2n) is 4.65. The van der Waals surface area contributed by atoms with E-state index in [1.54, 1.807) is 23.5 Å². The van der Waals surface area contributed by atoms with Gasteiger partial charge in [-0.25, -0.2) is 0 Å². The number of hydrogen-bond acceptors (Lipinski definition) is 5. The summed E-state index contributed by atoms with van der Waals surface area (Å²) < 4.78 is 0. The number of hydrogen-bond donors (Lipinski definition) is 1. The summed E-state index contributed by atoms with van der Waals surface area (Å²) in [5.74, 6) is 0. The van der Waals surface area contributed by atoms with E-state index in [0.717, 1.165) is 17.7 Å². The van der Waals surface area contributed by atoms with Crippen LogP contribution < -0.4 is 5.32 Å². The fraction of sp³-hybridized carbons (Fsp3) is 0.267.